The van der Waals surface area contributed by atoms with Crippen LogP contribution in [-0.2, 0) is 19.9 Å². The number of amides is 1. The molecule has 1 saturated heterocycles. The van der Waals surface area contributed by atoms with Gasteiger partial charge in [0.15, 0.2) is 5.54 Å². The van der Waals surface area contributed by atoms with E-state index >= 15 is 0 Å². The highest BCUT2D eigenvalue weighted by atomic mass is 79.9. The second kappa shape index (κ2) is 6.75. The molecule has 1 aliphatic heterocycles. The highest BCUT2D eigenvalue weighted by Gasteiger charge is 2.39. The van der Waals surface area contributed by atoms with E-state index in [0.29, 0.717) is 17.7 Å². The third-order valence-electron chi connectivity index (χ3n) is 3.79. The van der Waals surface area contributed by atoms with Gasteiger partial charge in [0.1, 0.15) is 5.82 Å². The quantitative estimate of drug-likeness (QED) is 0.830. The summed E-state index contributed by atoms with van der Waals surface area (Å²) in [4.78, 5) is 23.8. The van der Waals surface area contributed by atoms with Crippen molar-refractivity contribution < 1.29 is 23.8 Å². The average molecular weight is 374 g/mol. The Kier molecular flexibility index (Phi) is 5.18. The van der Waals surface area contributed by atoms with Crippen LogP contribution >= 0.6 is 15.9 Å². The predicted molar refractivity (Wildman–Crippen MR) is 80.8 cm³/mol. The minimum atomic E-state index is -1.64. The molecular weight excluding hydrogens is 357 g/mol. The van der Waals surface area contributed by atoms with Gasteiger partial charge in [-0.1, -0.05) is 22.0 Å². The van der Waals surface area contributed by atoms with E-state index < -0.39 is 17.3 Å². The Morgan fingerprint density at radius 3 is 2.82 bits per heavy atom. The van der Waals surface area contributed by atoms with Crippen molar-refractivity contribution in [2.24, 2.45) is 5.92 Å². The fraction of sp³-hybridized carbons (Fsp3) is 0.467. The fourth-order valence-electron chi connectivity index (χ4n) is 2.47. The summed E-state index contributed by atoms with van der Waals surface area (Å²) in [5.74, 6) is -1.96. The number of hydrogen-bond acceptors (Lipinski definition) is 3. The van der Waals surface area contributed by atoms with Crippen LogP contribution in [0.25, 0.3) is 0 Å². The van der Waals surface area contributed by atoms with E-state index in [1.54, 1.807) is 0 Å². The molecule has 1 fully saturated rings. The molecule has 1 heterocycles. The molecule has 2 N–H and O–H groups in total. The van der Waals surface area contributed by atoms with E-state index in [2.05, 4.69) is 21.2 Å². The summed E-state index contributed by atoms with van der Waals surface area (Å²) in [7, 11) is 0. The van der Waals surface area contributed by atoms with Crippen LogP contribution < -0.4 is 5.32 Å². The summed E-state index contributed by atoms with van der Waals surface area (Å²) < 4.78 is 18.7. The van der Waals surface area contributed by atoms with Gasteiger partial charge in [-0.15, -0.1) is 0 Å². The average Bonchev–Trinajstić information content (AvgIpc) is 2.90. The molecule has 2 rings (SSSR count). The van der Waals surface area contributed by atoms with Crippen LogP contribution in [0.2, 0.25) is 0 Å². The first kappa shape index (κ1) is 16.9. The molecule has 1 amide bonds. The van der Waals surface area contributed by atoms with Gasteiger partial charge in [-0.25, -0.2) is 9.18 Å². The molecule has 0 bridgehead atoms. The topological polar surface area (TPSA) is 75.6 Å². The van der Waals surface area contributed by atoms with Crippen LogP contribution in [0.15, 0.2) is 22.7 Å². The van der Waals surface area contributed by atoms with Crippen molar-refractivity contribution in [3.05, 3.63) is 34.1 Å². The Labute approximate surface area is 136 Å². The summed E-state index contributed by atoms with van der Waals surface area (Å²) in [6, 6.07) is 3.69. The third-order valence-corrected chi connectivity index (χ3v) is 4.44. The van der Waals surface area contributed by atoms with Gasteiger partial charge in [-0.05, 0) is 31.4 Å². The van der Waals surface area contributed by atoms with Gasteiger partial charge in [0.25, 0.3) is 0 Å². The zero-order valence-electron chi connectivity index (χ0n) is 12.1. The van der Waals surface area contributed by atoms with Gasteiger partial charge in [-0.3, -0.25) is 4.79 Å². The Morgan fingerprint density at radius 2 is 2.27 bits per heavy atom. The summed E-state index contributed by atoms with van der Waals surface area (Å²) in [5, 5.41) is 12.1. The Hall–Kier alpha value is -1.47. The summed E-state index contributed by atoms with van der Waals surface area (Å²) in [6.45, 7) is 2.52. The van der Waals surface area contributed by atoms with E-state index in [-0.39, 0.29) is 23.8 Å². The maximum Gasteiger partial charge on any atom is 0.333 e. The first-order chi connectivity index (χ1) is 10.3. The van der Waals surface area contributed by atoms with Crippen molar-refractivity contribution in [1.29, 1.82) is 0 Å². The molecule has 0 aliphatic carbocycles. The van der Waals surface area contributed by atoms with Gasteiger partial charge >= 0.3 is 5.97 Å². The number of carbonyl (C=O) groups is 2. The normalized spacial score (nSPS) is 20.4. The Balaban J connectivity index is 2.20. The lowest BCUT2D eigenvalue weighted by Gasteiger charge is -2.28. The van der Waals surface area contributed by atoms with Crippen molar-refractivity contribution in [3.8, 4) is 0 Å². The van der Waals surface area contributed by atoms with Crippen molar-refractivity contribution >= 4 is 27.8 Å². The highest BCUT2D eigenvalue weighted by molar-refractivity contribution is 9.10. The molecule has 0 radical (unpaired) electrons. The molecule has 1 aromatic carbocycles. The molecule has 0 aromatic heterocycles. The Bertz CT molecular complexity index is 589. The first-order valence-corrected chi connectivity index (χ1v) is 7.70. The number of hydrogen-bond donors (Lipinski definition) is 2. The van der Waals surface area contributed by atoms with Gasteiger partial charge in [-0.2, -0.15) is 0 Å². The molecule has 1 aliphatic rings. The van der Waals surface area contributed by atoms with E-state index in [4.69, 9.17) is 4.74 Å². The molecular formula is C15H17BrFNO4. The lowest BCUT2D eigenvalue weighted by Crippen LogP contribution is -2.50. The standard InChI is InChI=1S/C15H17BrFNO4/c1-15(14(20)21,11-3-2-10(17)7-12(11)16)18-13(19)6-9-4-5-22-8-9/h2-3,7,9H,4-6,8H2,1H3,(H,18,19)(H,20,21). The van der Waals surface area contributed by atoms with Crippen LogP contribution in [0, 0.1) is 11.7 Å². The SMILES string of the molecule is CC(NC(=O)CC1CCOC1)(C(=O)O)c1ccc(F)cc1Br. The molecule has 120 valence electrons. The maximum absolute atomic E-state index is 13.2. The number of halogens is 2. The summed E-state index contributed by atoms with van der Waals surface area (Å²) >= 11 is 3.15. The van der Waals surface area contributed by atoms with E-state index in [1.165, 1.54) is 19.1 Å². The second-order valence-corrected chi connectivity index (χ2v) is 6.39. The molecule has 0 spiro atoms. The van der Waals surface area contributed by atoms with E-state index in [0.717, 1.165) is 12.5 Å². The number of benzene rings is 1. The number of ether oxygens (including phenoxy) is 1. The number of rotatable bonds is 5. The van der Waals surface area contributed by atoms with Crippen LogP contribution in [-0.4, -0.2) is 30.2 Å². The van der Waals surface area contributed by atoms with Gasteiger partial charge < -0.3 is 15.2 Å². The molecule has 7 heteroatoms. The molecule has 1 aromatic rings. The zero-order chi connectivity index (χ0) is 16.3. The summed E-state index contributed by atoms with van der Waals surface area (Å²) in [5.41, 5.74) is -1.35. The van der Waals surface area contributed by atoms with Gasteiger partial charge in [0.2, 0.25) is 5.91 Å². The van der Waals surface area contributed by atoms with Gasteiger partial charge in [0.05, 0.1) is 0 Å². The van der Waals surface area contributed by atoms with Crippen molar-refractivity contribution in [2.75, 3.05) is 13.2 Å². The minimum Gasteiger partial charge on any atom is -0.479 e. The zero-order valence-corrected chi connectivity index (χ0v) is 13.7. The molecule has 2 unspecified atom stereocenters. The van der Waals surface area contributed by atoms with Crippen molar-refractivity contribution in [1.82, 2.24) is 5.32 Å². The fourth-order valence-corrected chi connectivity index (χ4v) is 3.21. The maximum atomic E-state index is 13.2. The Morgan fingerprint density at radius 1 is 1.55 bits per heavy atom. The number of aliphatic carboxylic acids is 1. The summed E-state index contributed by atoms with van der Waals surface area (Å²) in [6.07, 6.45) is 0.999. The van der Waals surface area contributed by atoms with Gasteiger partial charge in [0, 0.05) is 29.7 Å². The number of carboxylic acid groups (broad SMARTS) is 1. The second-order valence-electron chi connectivity index (χ2n) is 5.54. The minimum absolute atomic E-state index is 0.106. The van der Waals surface area contributed by atoms with Crippen LogP contribution in [0.5, 0.6) is 0 Å². The monoisotopic (exact) mass is 373 g/mol. The molecule has 0 saturated carbocycles. The van der Waals surface area contributed by atoms with Crippen LogP contribution in [0.4, 0.5) is 4.39 Å². The molecule has 22 heavy (non-hydrogen) atoms. The van der Waals surface area contributed by atoms with Crippen LogP contribution in [0.1, 0.15) is 25.3 Å². The lowest BCUT2D eigenvalue weighted by atomic mass is 9.91. The van der Waals surface area contributed by atoms with Crippen molar-refractivity contribution in [2.45, 2.75) is 25.3 Å². The van der Waals surface area contributed by atoms with E-state index in [1.807, 2.05) is 0 Å². The lowest BCUT2D eigenvalue weighted by molar-refractivity contribution is -0.147. The smallest absolute Gasteiger partial charge is 0.333 e. The highest BCUT2D eigenvalue weighted by Crippen LogP contribution is 2.30. The number of nitrogens with one attached hydrogen (secondary N) is 1. The predicted octanol–water partition coefficient (Wildman–Crippen LogP) is 2.43. The van der Waals surface area contributed by atoms with E-state index in [9.17, 15) is 19.1 Å². The number of carbonyl (C=O) groups excluding carboxylic acids is 1. The third kappa shape index (κ3) is 3.64. The van der Waals surface area contributed by atoms with Crippen molar-refractivity contribution in [3.63, 3.8) is 0 Å². The molecule has 5 nitrogen and oxygen atoms in total. The first-order valence-electron chi connectivity index (χ1n) is 6.90. The number of carboxylic acids is 1. The van der Waals surface area contributed by atoms with Crippen LogP contribution in [0.3, 0.4) is 0 Å². The molecule has 2 atom stereocenters. The largest absolute Gasteiger partial charge is 0.479 e.